The van der Waals surface area contributed by atoms with E-state index in [-0.39, 0.29) is 43.1 Å². The molecular formula is C50H51N2O2Pt-. The maximum atomic E-state index is 11.6. The first-order chi connectivity index (χ1) is 25.5. The Morgan fingerprint density at radius 3 is 1.91 bits per heavy atom. The summed E-state index contributed by atoms with van der Waals surface area (Å²) in [6, 6.07) is 42.0. The molecule has 0 aliphatic carbocycles. The summed E-state index contributed by atoms with van der Waals surface area (Å²) in [6.07, 6.45) is 1.89. The smallest absolute Gasteiger partial charge is 0.230 e. The van der Waals surface area contributed by atoms with E-state index >= 15 is 0 Å². The van der Waals surface area contributed by atoms with E-state index in [9.17, 15) is 5.11 Å². The van der Waals surface area contributed by atoms with Crippen molar-refractivity contribution in [2.24, 2.45) is 0 Å². The molecule has 0 aliphatic rings. The van der Waals surface area contributed by atoms with E-state index in [1.807, 2.05) is 24.4 Å². The van der Waals surface area contributed by atoms with Gasteiger partial charge in [-0.05, 0) is 62.3 Å². The molecule has 4 nitrogen and oxygen atoms in total. The fourth-order valence-electron chi connectivity index (χ4n) is 7.03. The molecule has 0 amide bonds. The molecule has 0 saturated heterocycles. The Labute approximate surface area is 341 Å². The van der Waals surface area contributed by atoms with Crippen LogP contribution in [0.5, 0.6) is 5.75 Å². The molecule has 0 bridgehead atoms. The number of aromatic hydroxyl groups is 1. The van der Waals surface area contributed by atoms with Gasteiger partial charge in [-0.1, -0.05) is 159 Å². The molecule has 1 N–H and O–H groups in total. The summed E-state index contributed by atoms with van der Waals surface area (Å²) in [7, 11) is 0. The quantitative estimate of drug-likeness (QED) is 0.169. The summed E-state index contributed by atoms with van der Waals surface area (Å²) in [5.74, 6) is 0.919. The SMILES string of the molecule is CC(c1ccccc1)c1ccc(-c2ccnc(-c3[c-]c(-c4cccc5oc(-c6cc(C(C)(C)C)cc(C(C)(C)C)c6O)nc45)cc(C(C)(C)C)c3)c2)cc1.[Pt]. The van der Waals surface area contributed by atoms with Gasteiger partial charge in [0.15, 0.2) is 0 Å². The van der Waals surface area contributed by atoms with E-state index in [1.165, 1.54) is 16.7 Å². The number of phenolic OH excluding ortho intramolecular Hbond substituents is 1. The molecule has 7 aromatic rings. The largest absolute Gasteiger partial charge is 0.507 e. The van der Waals surface area contributed by atoms with Crippen LogP contribution < -0.4 is 0 Å². The topological polar surface area (TPSA) is 59.2 Å². The van der Waals surface area contributed by atoms with Crippen molar-refractivity contribution in [1.29, 1.82) is 0 Å². The minimum absolute atomic E-state index is 0. The van der Waals surface area contributed by atoms with Crippen LogP contribution in [0.4, 0.5) is 0 Å². The second-order valence-electron chi connectivity index (χ2n) is 17.7. The average Bonchev–Trinajstić information content (AvgIpc) is 3.58. The predicted molar refractivity (Wildman–Crippen MR) is 224 cm³/mol. The average molecular weight is 907 g/mol. The second kappa shape index (κ2) is 15.0. The maximum absolute atomic E-state index is 11.6. The molecule has 0 spiro atoms. The summed E-state index contributed by atoms with van der Waals surface area (Å²) in [5, 5.41) is 11.6. The van der Waals surface area contributed by atoms with Gasteiger partial charge >= 0.3 is 0 Å². The van der Waals surface area contributed by atoms with Crippen molar-refractivity contribution in [1.82, 2.24) is 9.97 Å². The zero-order valence-electron chi connectivity index (χ0n) is 33.6. The van der Waals surface area contributed by atoms with Gasteiger partial charge in [0.25, 0.3) is 0 Å². The Morgan fingerprint density at radius 2 is 1.25 bits per heavy atom. The number of nitrogens with zero attached hydrogens (tertiary/aromatic N) is 2. The van der Waals surface area contributed by atoms with Crippen molar-refractivity contribution in [3.8, 4) is 50.7 Å². The monoisotopic (exact) mass is 906 g/mol. The number of hydrogen-bond acceptors (Lipinski definition) is 4. The third-order valence-corrected chi connectivity index (χ3v) is 10.5. The summed E-state index contributed by atoms with van der Waals surface area (Å²) < 4.78 is 6.46. The maximum Gasteiger partial charge on any atom is 0.230 e. The van der Waals surface area contributed by atoms with Crippen LogP contribution in [-0.2, 0) is 37.3 Å². The van der Waals surface area contributed by atoms with Gasteiger partial charge in [-0.2, -0.15) is 0 Å². The molecule has 1 atom stereocenters. The van der Waals surface area contributed by atoms with Crippen molar-refractivity contribution in [2.75, 3.05) is 0 Å². The summed E-state index contributed by atoms with van der Waals surface area (Å²) in [5.41, 5.74) is 13.0. The third-order valence-electron chi connectivity index (χ3n) is 10.5. The number of benzene rings is 5. The molecule has 5 aromatic carbocycles. The van der Waals surface area contributed by atoms with Gasteiger partial charge in [-0.3, -0.25) is 4.98 Å². The van der Waals surface area contributed by atoms with E-state index in [0.717, 1.165) is 50.2 Å². The third kappa shape index (κ3) is 8.26. The second-order valence-corrected chi connectivity index (χ2v) is 17.7. The fraction of sp³-hybridized carbons (Fsp3) is 0.280. The normalized spacial score (nSPS) is 12.8. The number of oxazole rings is 1. The summed E-state index contributed by atoms with van der Waals surface area (Å²) >= 11 is 0. The minimum Gasteiger partial charge on any atom is -0.507 e. The molecule has 5 heteroatoms. The molecular weight excluding hydrogens is 856 g/mol. The number of aromatic nitrogens is 2. The number of hydrogen-bond donors (Lipinski definition) is 1. The first kappa shape index (κ1) is 39.9. The van der Waals surface area contributed by atoms with Crippen LogP contribution in [-0.4, -0.2) is 15.1 Å². The van der Waals surface area contributed by atoms with Gasteiger partial charge in [0.2, 0.25) is 5.89 Å². The Kier molecular flexibility index (Phi) is 10.9. The van der Waals surface area contributed by atoms with E-state index in [1.54, 1.807) is 0 Å². The van der Waals surface area contributed by atoms with Crippen LogP contribution in [0.15, 0.2) is 120 Å². The Bertz CT molecular complexity index is 2460. The minimum atomic E-state index is -0.272. The molecule has 2 aromatic heterocycles. The van der Waals surface area contributed by atoms with E-state index in [2.05, 4.69) is 166 Å². The molecule has 284 valence electrons. The fourth-order valence-corrected chi connectivity index (χ4v) is 7.03. The molecule has 7 rings (SSSR count). The van der Waals surface area contributed by atoms with Crippen molar-refractivity contribution in [2.45, 2.75) is 91.4 Å². The van der Waals surface area contributed by atoms with E-state index < -0.39 is 0 Å². The number of fused-ring (bicyclic) bond motifs is 1. The summed E-state index contributed by atoms with van der Waals surface area (Å²) in [6.45, 7) is 21.8. The van der Waals surface area contributed by atoms with Crippen LogP contribution >= 0.6 is 0 Å². The van der Waals surface area contributed by atoms with Crippen LogP contribution in [0.2, 0.25) is 0 Å². The molecule has 0 radical (unpaired) electrons. The Morgan fingerprint density at radius 1 is 0.618 bits per heavy atom. The van der Waals surface area contributed by atoms with Crippen LogP contribution in [0.3, 0.4) is 0 Å². The Balaban J connectivity index is 0.00000514. The molecule has 55 heavy (non-hydrogen) atoms. The van der Waals surface area contributed by atoms with Crippen molar-refractivity contribution in [3.05, 3.63) is 149 Å². The van der Waals surface area contributed by atoms with Crippen molar-refractivity contribution in [3.63, 3.8) is 0 Å². The zero-order valence-corrected chi connectivity index (χ0v) is 35.9. The van der Waals surface area contributed by atoms with Crippen molar-refractivity contribution < 1.29 is 30.6 Å². The van der Waals surface area contributed by atoms with Gasteiger partial charge in [-0.15, -0.1) is 29.3 Å². The standard InChI is InChI=1S/C50H51N2O2.Pt/c1-31(32-15-12-11-13-16-32)33-19-21-34(22-20-33)35-23-24-51-43(28-35)37-25-36(26-38(27-37)48(2,3)4)40-17-14-18-44-45(40)52-47(54-44)41-29-39(49(5,6)7)30-42(46(41)53)50(8,9)10;/h11-24,26-31,53H,1-10H3;/q-1;. The van der Waals surface area contributed by atoms with Gasteiger partial charge in [-0.25, -0.2) is 4.98 Å². The first-order valence-corrected chi connectivity index (χ1v) is 19.0. The molecule has 0 saturated carbocycles. The van der Waals surface area contributed by atoms with Gasteiger partial charge in [0, 0.05) is 44.4 Å². The van der Waals surface area contributed by atoms with Crippen LogP contribution in [0.1, 0.15) is 103 Å². The van der Waals surface area contributed by atoms with E-state index in [0.29, 0.717) is 23.0 Å². The van der Waals surface area contributed by atoms with Crippen LogP contribution in [0.25, 0.3) is 56.1 Å². The molecule has 0 aliphatic heterocycles. The predicted octanol–water partition coefficient (Wildman–Crippen LogP) is 13.4. The first-order valence-electron chi connectivity index (χ1n) is 19.0. The van der Waals surface area contributed by atoms with Gasteiger partial charge in [0.1, 0.15) is 11.3 Å². The number of pyridine rings is 1. The number of para-hydroxylation sites is 1. The molecule has 0 fully saturated rings. The van der Waals surface area contributed by atoms with Crippen LogP contribution in [0, 0.1) is 6.07 Å². The van der Waals surface area contributed by atoms with Gasteiger partial charge < -0.3 is 9.52 Å². The number of rotatable bonds is 6. The number of phenols is 1. The zero-order chi connectivity index (χ0) is 38.6. The summed E-state index contributed by atoms with van der Waals surface area (Å²) in [4.78, 5) is 9.95. The van der Waals surface area contributed by atoms with Crippen molar-refractivity contribution >= 4 is 11.1 Å². The molecule has 2 heterocycles. The Hall–Kier alpha value is -4.79. The molecule has 1 unspecified atom stereocenters. The van der Waals surface area contributed by atoms with Gasteiger partial charge in [0.05, 0.1) is 11.1 Å². The van der Waals surface area contributed by atoms with E-state index in [4.69, 9.17) is 14.4 Å².